The molecule has 0 radical (unpaired) electrons. The Balaban J connectivity index is 0. The van der Waals surface area contributed by atoms with Gasteiger partial charge in [0.1, 0.15) is 6.10 Å². The molecule has 1 aliphatic rings. The zero-order valence-electron chi connectivity index (χ0n) is 8.16. The summed E-state index contributed by atoms with van der Waals surface area (Å²) in [5, 5.41) is 35.0. The minimum atomic E-state index is -4.64. The first-order valence-electron chi connectivity index (χ1n) is 3.98. The summed E-state index contributed by atoms with van der Waals surface area (Å²) in [6, 6.07) is 0. The molecule has 0 amide bonds. The van der Waals surface area contributed by atoms with E-state index < -0.39 is 44.1 Å². The van der Waals surface area contributed by atoms with Gasteiger partial charge in [-0.15, -0.1) is 0 Å². The Labute approximate surface area is 143 Å². The summed E-state index contributed by atoms with van der Waals surface area (Å²) >= 11 is 0. The number of cyclic esters (lactones) is 1. The Morgan fingerprint density at radius 3 is 1.89 bits per heavy atom. The molecule has 0 fully saturated rings. The van der Waals surface area contributed by atoms with Crippen molar-refractivity contribution < 1.29 is 49.2 Å². The third-order valence-electron chi connectivity index (χ3n) is 1.48. The van der Waals surface area contributed by atoms with Crippen LogP contribution in [0.2, 0.25) is 0 Å². The standard InChI is InChI=1S/C6H8O6.K.H3O4P.H/c7-1-2(8)5-3(9)4(10)6(11)12-5;;1-5(2,3)4;/h2,5,7-10H,1H2;;(H3,1,2,3,4);/t2-,5+;;;/m0.../s1. The molecule has 0 aliphatic carbocycles. The summed E-state index contributed by atoms with van der Waals surface area (Å²) < 4.78 is 13.2. The van der Waals surface area contributed by atoms with E-state index >= 15 is 0 Å². The normalized spacial score (nSPS) is 20.5. The molecule has 2 atom stereocenters. The molecular weight excluding hydrogens is 302 g/mol. The molecule has 1 rings (SSSR count). The average Bonchev–Trinajstić information content (AvgIpc) is 2.42. The van der Waals surface area contributed by atoms with Crippen molar-refractivity contribution in [2.45, 2.75) is 12.2 Å². The molecule has 1 heterocycles. The fraction of sp³-hybridized carbons (Fsp3) is 0.500. The van der Waals surface area contributed by atoms with Crippen LogP contribution in [0.5, 0.6) is 0 Å². The number of carbonyl (C=O) groups excluding carboxylic acids is 1. The van der Waals surface area contributed by atoms with Gasteiger partial charge in [0, 0.05) is 0 Å². The second kappa shape index (κ2) is 8.61. The number of hydrogen-bond acceptors (Lipinski definition) is 7. The van der Waals surface area contributed by atoms with Crippen molar-refractivity contribution in [1.29, 1.82) is 0 Å². The van der Waals surface area contributed by atoms with Crippen molar-refractivity contribution in [3.05, 3.63) is 11.5 Å². The number of phosphoric acid groups is 1. The molecule has 1 aliphatic heterocycles. The summed E-state index contributed by atoms with van der Waals surface area (Å²) in [4.78, 5) is 32.1. The second-order valence-electron chi connectivity index (χ2n) is 2.82. The van der Waals surface area contributed by atoms with Gasteiger partial charge in [0.05, 0.1) is 6.61 Å². The Morgan fingerprint density at radius 2 is 1.67 bits per heavy atom. The van der Waals surface area contributed by atoms with E-state index in [9.17, 15) is 4.79 Å². The number of aliphatic hydroxyl groups excluding tert-OH is 4. The fourth-order valence-electron chi connectivity index (χ4n) is 0.823. The Hall–Kier alpha value is 0.476. The van der Waals surface area contributed by atoms with Gasteiger partial charge in [-0.1, -0.05) is 0 Å². The maximum atomic E-state index is 10.5. The Morgan fingerprint density at radius 1 is 1.28 bits per heavy atom. The SMILES string of the molecule is O=C1O[C@H]([C@@H](O)CO)C(O)=C1O.O=P(O)(O)O.[KH]. The molecule has 102 valence electrons. The third-order valence-corrected chi connectivity index (χ3v) is 1.48. The van der Waals surface area contributed by atoms with E-state index in [-0.39, 0.29) is 51.4 Å². The van der Waals surface area contributed by atoms with Gasteiger partial charge < -0.3 is 39.8 Å². The first-order chi connectivity index (χ1) is 7.57. The van der Waals surface area contributed by atoms with Crippen LogP contribution in [0.3, 0.4) is 0 Å². The summed E-state index contributed by atoms with van der Waals surface area (Å²) in [5.74, 6) is -2.78. The van der Waals surface area contributed by atoms with Gasteiger partial charge in [-0.3, -0.25) is 0 Å². The molecule has 0 saturated carbocycles. The van der Waals surface area contributed by atoms with Gasteiger partial charge in [0.25, 0.3) is 0 Å². The monoisotopic (exact) mass is 314 g/mol. The predicted octanol–water partition coefficient (Wildman–Crippen LogP) is -2.98. The summed E-state index contributed by atoms with van der Waals surface area (Å²) in [7, 11) is -4.64. The van der Waals surface area contributed by atoms with Crippen LogP contribution in [-0.4, -0.2) is 111 Å². The molecule has 0 aromatic rings. The van der Waals surface area contributed by atoms with Crippen molar-refractivity contribution in [3.8, 4) is 0 Å². The van der Waals surface area contributed by atoms with Crippen LogP contribution < -0.4 is 0 Å². The molecule has 0 saturated heterocycles. The van der Waals surface area contributed by atoms with Crippen molar-refractivity contribution in [3.63, 3.8) is 0 Å². The van der Waals surface area contributed by atoms with Crippen LogP contribution in [0.25, 0.3) is 0 Å². The van der Waals surface area contributed by atoms with E-state index in [1.54, 1.807) is 0 Å². The summed E-state index contributed by atoms with van der Waals surface area (Å²) in [5.41, 5.74) is 0. The van der Waals surface area contributed by atoms with E-state index in [1.807, 2.05) is 0 Å². The molecule has 0 bridgehead atoms. The number of hydrogen-bond donors (Lipinski definition) is 7. The minimum absolute atomic E-state index is 0. The molecule has 10 nitrogen and oxygen atoms in total. The summed E-state index contributed by atoms with van der Waals surface area (Å²) in [6.07, 6.45) is -2.78. The molecule has 0 aromatic heterocycles. The topological polar surface area (TPSA) is 185 Å². The van der Waals surface area contributed by atoms with Crippen molar-refractivity contribution in [2.75, 3.05) is 6.61 Å². The molecule has 0 aromatic carbocycles. The van der Waals surface area contributed by atoms with Crippen molar-refractivity contribution >= 4 is 65.2 Å². The van der Waals surface area contributed by atoms with E-state index in [0.29, 0.717) is 0 Å². The Bertz CT molecular complexity index is 353. The van der Waals surface area contributed by atoms with Gasteiger partial charge in [0.2, 0.25) is 5.76 Å². The van der Waals surface area contributed by atoms with Gasteiger partial charge in [-0.05, 0) is 0 Å². The van der Waals surface area contributed by atoms with Gasteiger partial charge in [-0.2, -0.15) is 0 Å². The van der Waals surface area contributed by atoms with Crippen molar-refractivity contribution in [2.24, 2.45) is 0 Å². The number of ether oxygens (including phenoxy) is 1. The number of esters is 1. The van der Waals surface area contributed by atoms with Crippen molar-refractivity contribution in [1.82, 2.24) is 0 Å². The zero-order chi connectivity index (χ0) is 13.8. The molecule has 12 heteroatoms. The zero-order valence-corrected chi connectivity index (χ0v) is 9.06. The van der Waals surface area contributed by atoms with Crippen LogP contribution in [0.4, 0.5) is 0 Å². The van der Waals surface area contributed by atoms with Crippen LogP contribution in [0, 0.1) is 0 Å². The molecule has 0 spiro atoms. The van der Waals surface area contributed by atoms with Crippen LogP contribution in [-0.2, 0) is 14.1 Å². The predicted molar refractivity (Wildman–Crippen MR) is 56.7 cm³/mol. The van der Waals surface area contributed by atoms with Crippen LogP contribution >= 0.6 is 7.82 Å². The quantitative estimate of drug-likeness (QED) is 0.157. The summed E-state index contributed by atoms with van der Waals surface area (Å²) in [6.45, 7) is -0.671. The average molecular weight is 314 g/mol. The van der Waals surface area contributed by atoms with E-state index in [4.69, 9.17) is 39.7 Å². The van der Waals surface area contributed by atoms with Gasteiger partial charge in [-0.25, -0.2) is 9.36 Å². The maximum absolute atomic E-state index is 10.5. The van der Waals surface area contributed by atoms with Gasteiger partial charge in [0.15, 0.2) is 11.9 Å². The number of rotatable bonds is 2. The molecule has 7 N–H and O–H groups in total. The first kappa shape index (κ1) is 20.8. The van der Waals surface area contributed by atoms with E-state index in [2.05, 4.69) is 4.74 Å². The second-order valence-corrected chi connectivity index (χ2v) is 3.85. The Kier molecular flexibility index (Phi) is 9.94. The first-order valence-corrected chi connectivity index (χ1v) is 5.54. The van der Waals surface area contributed by atoms with Crippen LogP contribution in [0.15, 0.2) is 11.5 Å². The molecule has 18 heavy (non-hydrogen) atoms. The third kappa shape index (κ3) is 7.81. The number of aliphatic hydroxyl groups is 4. The van der Waals surface area contributed by atoms with E-state index in [1.165, 1.54) is 0 Å². The molecule has 0 unspecified atom stereocenters. The van der Waals surface area contributed by atoms with Gasteiger partial charge >= 0.3 is 65.2 Å². The molecular formula is C6H12KO10P. The van der Waals surface area contributed by atoms with E-state index in [0.717, 1.165) is 0 Å². The van der Waals surface area contributed by atoms with Crippen LogP contribution in [0.1, 0.15) is 0 Å². The fourth-order valence-corrected chi connectivity index (χ4v) is 0.823. The number of carbonyl (C=O) groups is 1.